The smallest absolute Gasteiger partial charge is 0.261 e. The molecule has 4 nitrogen and oxygen atoms in total. The summed E-state index contributed by atoms with van der Waals surface area (Å²) in [7, 11) is 0. The predicted molar refractivity (Wildman–Crippen MR) is 79.7 cm³/mol. The summed E-state index contributed by atoms with van der Waals surface area (Å²) in [6.07, 6.45) is 1.50. The molecular weight excluding hydrogens is 252 g/mol. The Hall–Kier alpha value is -2.07. The Labute approximate surface area is 119 Å². The standard InChI is InChI=1S/C16H20N2O2/c1-11(2)18(15-6-4-13(9-17)5-7-15)16(19)14-8-12(3)20-10-14/h4-8,10-11H,9,17H2,1-3H3. The van der Waals surface area contributed by atoms with Gasteiger partial charge >= 0.3 is 0 Å². The largest absolute Gasteiger partial charge is 0.469 e. The van der Waals surface area contributed by atoms with Crippen molar-refractivity contribution in [3.05, 3.63) is 53.5 Å². The van der Waals surface area contributed by atoms with Crippen LogP contribution in [0.5, 0.6) is 0 Å². The number of nitrogens with zero attached hydrogens (tertiary/aromatic N) is 1. The Kier molecular flexibility index (Phi) is 4.25. The zero-order valence-corrected chi connectivity index (χ0v) is 12.1. The van der Waals surface area contributed by atoms with Crippen LogP contribution in [0.1, 0.15) is 35.5 Å². The minimum absolute atomic E-state index is 0.0569. The summed E-state index contributed by atoms with van der Waals surface area (Å²) in [6.45, 7) is 6.30. The molecule has 0 unspecified atom stereocenters. The monoisotopic (exact) mass is 272 g/mol. The van der Waals surface area contributed by atoms with E-state index in [4.69, 9.17) is 10.2 Å². The van der Waals surface area contributed by atoms with Crippen molar-refractivity contribution in [2.75, 3.05) is 4.90 Å². The minimum atomic E-state index is -0.0580. The third-order valence-electron chi connectivity index (χ3n) is 3.16. The number of furan rings is 1. The van der Waals surface area contributed by atoms with E-state index in [0.717, 1.165) is 17.0 Å². The second-order valence-electron chi connectivity index (χ2n) is 5.09. The Morgan fingerprint density at radius 2 is 1.95 bits per heavy atom. The summed E-state index contributed by atoms with van der Waals surface area (Å²) >= 11 is 0. The summed E-state index contributed by atoms with van der Waals surface area (Å²) in [6, 6.07) is 9.55. The van der Waals surface area contributed by atoms with Crippen LogP contribution in [0.15, 0.2) is 41.0 Å². The molecular formula is C16H20N2O2. The van der Waals surface area contributed by atoms with Crippen molar-refractivity contribution in [3.63, 3.8) is 0 Å². The number of carbonyl (C=O) groups excluding carboxylic acids is 1. The molecule has 0 aliphatic heterocycles. The predicted octanol–water partition coefficient (Wildman–Crippen LogP) is 3.10. The molecule has 2 N–H and O–H groups in total. The number of hydrogen-bond acceptors (Lipinski definition) is 3. The summed E-state index contributed by atoms with van der Waals surface area (Å²) in [5, 5.41) is 0. The van der Waals surface area contributed by atoms with E-state index in [0.29, 0.717) is 12.1 Å². The highest BCUT2D eigenvalue weighted by Gasteiger charge is 2.21. The average Bonchev–Trinajstić information content (AvgIpc) is 2.86. The summed E-state index contributed by atoms with van der Waals surface area (Å²) in [4.78, 5) is 14.4. The second-order valence-corrected chi connectivity index (χ2v) is 5.09. The molecule has 106 valence electrons. The first kappa shape index (κ1) is 14.3. The summed E-state index contributed by atoms with van der Waals surface area (Å²) in [5.74, 6) is 0.674. The van der Waals surface area contributed by atoms with Gasteiger partial charge in [-0.25, -0.2) is 0 Å². The average molecular weight is 272 g/mol. The molecule has 0 aliphatic carbocycles. The lowest BCUT2D eigenvalue weighted by atomic mass is 10.1. The molecule has 0 saturated heterocycles. The van der Waals surface area contributed by atoms with Crippen LogP contribution >= 0.6 is 0 Å². The van der Waals surface area contributed by atoms with Gasteiger partial charge in [-0.05, 0) is 44.5 Å². The normalized spacial score (nSPS) is 10.8. The first-order chi connectivity index (χ1) is 9.52. The topological polar surface area (TPSA) is 59.5 Å². The van der Waals surface area contributed by atoms with Crippen molar-refractivity contribution in [1.82, 2.24) is 0 Å². The fourth-order valence-corrected chi connectivity index (χ4v) is 2.14. The second kappa shape index (κ2) is 5.92. The van der Waals surface area contributed by atoms with Crippen LogP contribution in [-0.4, -0.2) is 11.9 Å². The van der Waals surface area contributed by atoms with Gasteiger partial charge in [-0.3, -0.25) is 4.79 Å². The van der Waals surface area contributed by atoms with E-state index >= 15 is 0 Å². The first-order valence-electron chi connectivity index (χ1n) is 6.70. The molecule has 2 rings (SSSR count). The van der Waals surface area contributed by atoms with Crippen LogP contribution in [0, 0.1) is 6.92 Å². The van der Waals surface area contributed by atoms with Gasteiger partial charge in [0, 0.05) is 18.3 Å². The number of benzene rings is 1. The number of amides is 1. The Morgan fingerprint density at radius 3 is 2.40 bits per heavy atom. The third kappa shape index (κ3) is 2.91. The van der Waals surface area contributed by atoms with Crippen molar-refractivity contribution in [2.45, 2.75) is 33.4 Å². The van der Waals surface area contributed by atoms with E-state index in [2.05, 4.69) is 0 Å². The lowest BCUT2D eigenvalue weighted by molar-refractivity contribution is 0.0979. The van der Waals surface area contributed by atoms with Gasteiger partial charge in [0.25, 0.3) is 5.91 Å². The van der Waals surface area contributed by atoms with Crippen LogP contribution < -0.4 is 10.6 Å². The summed E-state index contributed by atoms with van der Waals surface area (Å²) < 4.78 is 5.22. The molecule has 0 radical (unpaired) electrons. The van der Waals surface area contributed by atoms with E-state index in [1.807, 2.05) is 45.0 Å². The third-order valence-corrected chi connectivity index (χ3v) is 3.16. The van der Waals surface area contributed by atoms with Gasteiger partial charge in [-0.15, -0.1) is 0 Å². The molecule has 0 spiro atoms. The highest BCUT2D eigenvalue weighted by Crippen LogP contribution is 2.21. The fraction of sp³-hybridized carbons (Fsp3) is 0.312. The van der Waals surface area contributed by atoms with Gasteiger partial charge in [0.05, 0.1) is 5.56 Å². The minimum Gasteiger partial charge on any atom is -0.469 e. The molecule has 0 fully saturated rings. The molecule has 1 aromatic carbocycles. The molecule has 0 saturated carbocycles. The Balaban J connectivity index is 2.33. The molecule has 4 heteroatoms. The number of carbonyl (C=O) groups is 1. The Morgan fingerprint density at radius 1 is 1.30 bits per heavy atom. The summed E-state index contributed by atoms with van der Waals surface area (Å²) in [5.41, 5.74) is 8.07. The SMILES string of the molecule is Cc1cc(C(=O)N(c2ccc(CN)cc2)C(C)C)co1. The quantitative estimate of drug-likeness (QED) is 0.930. The molecule has 20 heavy (non-hydrogen) atoms. The highest BCUT2D eigenvalue weighted by molar-refractivity contribution is 6.06. The van der Waals surface area contributed by atoms with E-state index < -0.39 is 0 Å². The van der Waals surface area contributed by atoms with Gasteiger partial charge in [0.1, 0.15) is 12.0 Å². The maximum atomic E-state index is 12.6. The molecule has 1 aromatic heterocycles. The number of hydrogen-bond donors (Lipinski definition) is 1. The molecule has 1 heterocycles. The van der Waals surface area contributed by atoms with E-state index in [1.165, 1.54) is 6.26 Å². The molecule has 0 atom stereocenters. The lowest BCUT2D eigenvalue weighted by Gasteiger charge is -2.26. The molecule has 0 aliphatic rings. The molecule has 1 amide bonds. The molecule has 2 aromatic rings. The van der Waals surface area contributed by atoms with E-state index in [9.17, 15) is 4.79 Å². The number of anilines is 1. The first-order valence-corrected chi connectivity index (χ1v) is 6.70. The zero-order valence-electron chi connectivity index (χ0n) is 12.1. The van der Waals surface area contributed by atoms with E-state index in [1.54, 1.807) is 11.0 Å². The van der Waals surface area contributed by atoms with E-state index in [-0.39, 0.29) is 11.9 Å². The van der Waals surface area contributed by atoms with Gasteiger partial charge in [-0.2, -0.15) is 0 Å². The van der Waals surface area contributed by atoms with Gasteiger partial charge in [0.15, 0.2) is 0 Å². The van der Waals surface area contributed by atoms with Gasteiger partial charge in [-0.1, -0.05) is 12.1 Å². The van der Waals surface area contributed by atoms with Gasteiger partial charge < -0.3 is 15.1 Å². The van der Waals surface area contributed by atoms with Crippen molar-refractivity contribution >= 4 is 11.6 Å². The van der Waals surface area contributed by atoms with Crippen LogP contribution in [-0.2, 0) is 6.54 Å². The number of nitrogens with two attached hydrogens (primary N) is 1. The van der Waals surface area contributed by atoms with Crippen molar-refractivity contribution in [1.29, 1.82) is 0 Å². The van der Waals surface area contributed by atoms with Crippen LogP contribution in [0.2, 0.25) is 0 Å². The van der Waals surface area contributed by atoms with Crippen molar-refractivity contribution < 1.29 is 9.21 Å². The maximum absolute atomic E-state index is 12.6. The van der Waals surface area contributed by atoms with Gasteiger partial charge in [0.2, 0.25) is 0 Å². The highest BCUT2D eigenvalue weighted by atomic mass is 16.3. The fourth-order valence-electron chi connectivity index (χ4n) is 2.14. The van der Waals surface area contributed by atoms with Crippen LogP contribution in [0.25, 0.3) is 0 Å². The van der Waals surface area contributed by atoms with Crippen LogP contribution in [0.4, 0.5) is 5.69 Å². The van der Waals surface area contributed by atoms with Crippen molar-refractivity contribution in [3.8, 4) is 0 Å². The molecule has 0 bridgehead atoms. The maximum Gasteiger partial charge on any atom is 0.261 e. The number of aryl methyl sites for hydroxylation is 1. The zero-order chi connectivity index (χ0) is 14.7. The van der Waals surface area contributed by atoms with Crippen molar-refractivity contribution in [2.24, 2.45) is 5.73 Å². The number of rotatable bonds is 4. The Bertz CT molecular complexity index is 585. The lowest BCUT2D eigenvalue weighted by Crippen LogP contribution is -2.36. The van der Waals surface area contributed by atoms with Crippen LogP contribution in [0.3, 0.4) is 0 Å².